The summed E-state index contributed by atoms with van der Waals surface area (Å²) in [6.45, 7) is -0.867. The van der Waals surface area contributed by atoms with Crippen LogP contribution in [0.5, 0.6) is 0 Å². The molecule has 0 spiro atoms. The van der Waals surface area contributed by atoms with Gasteiger partial charge in [0.1, 0.15) is 24.6 Å². The molecular formula is C12H16O8. The van der Waals surface area contributed by atoms with Gasteiger partial charge < -0.3 is 34.6 Å². The van der Waals surface area contributed by atoms with Crippen molar-refractivity contribution in [1.82, 2.24) is 0 Å². The van der Waals surface area contributed by atoms with E-state index in [0.29, 0.717) is 0 Å². The Balaban J connectivity index is 2.01. The molecule has 20 heavy (non-hydrogen) atoms. The fourth-order valence-corrected chi connectivity index (χ4v) is 3.07. The van der Waals surface area contributed by atoms with Crippen LogP contribution in [0.4, 0.5) is 0 Å². The van der Waals surface area contributed by atoms with E-state index in [2.05, 4.69) is 0 Å². The van der Waals surface area contributed by atoms with Gasteiger partial charge >= 0.3 is 0 Å². The predicted molar refractivity (Wildman–Crippen MR) is 61.4 cm³/mol. The zero-order valence-electron chi connectivity index (χ0n) is 10.6. The number of Topliss-reactive ketones (excluding diaryl/α,β-unsaturated/α-hetero) is 1. The fraction of sp³-hybridized carbons (Fsp3) is 0.750. The average molecular weight is 288 g/mol. The number of carbonyl (C=O) groups excluding carboxylic acids is 1. The van der Waals surface area contributed by atoms with E-state index in [1.807, 2.05) is 0 Å². The zero-order valence-corrected chi connectivity index (χ0v) is 10.6. The number of fused-ring (bicyclic) bond motifs is 3. The number of allylic oxidation sites excluding steroid dienone is 1. The maximum Gasteiger partial charge on any atom is 0.220 e. The third-order valence-electron chi connectivity index (χ3n) is 4.20. The van der Waals surface area contributed by atoms with Gasteiger partial charge in [0.25, 0.3) is 0 Å². The lowest BCUT2D eigenvalue weighted by molar-refractivity contribution is -0.392. The highest BCUT2D eigenvalue weighted by atomic mass is 16.7. The molecule has 5 atom stereocenters. The second kappa shape index (κ2) is 4.40. The molecule has 3 aliphatic heterocycles. The Morgan fingerprint density at radius 3 is 2.85 bits per heavy atom. The molecule has 4 N–H and O–H groups in total. The van der Waals surface area contributed by atoms with Gasteiger partial charge in [-0.15, -0.1) is 0 Å². The maximum atomic E-state index is 12.1. The summed E-state index contributed by atoms with van der Waals surface area (Å²) >= 11 is 0. The van der Waals surface area contributed by atoms with E-state index in [9.17, 15) is 20.1 Å². The van der Waals surface area contributed by atoms with Crippen molar-refractivity contribution in [3.8, 4) is 0 Å². The van der Waals surface area contributed by atoms with Gasteiger partial charge in [0.05, 0.1) is 25.2 Å². The topological polar surface area (TPSA) is 126 Å². The minimum atomic E-state index is -2.07. The molecule has 0 aliphatic carbocycles. The fourth-order valence-electron chi connectivity index (χ4n) is 3.07. The van der Waals surface area contributed by atoms with Crippen LogP contribution in [-0.2, 0) is 19.0 Å². The Kier molecular flexibility index (Phi) is 3.03. The van der Waals surface area contributed by atoms with Crippen molar-refractivity contribution in [3.05, 3.63) is 12.0 Å². The van der Waals surface area contributed by atoms with E-state index < -0.39 is 41.1 Å². The van der Waals surface area contributed by atoms with Crippen LogP contribution in [0.15, 0.2) is 12.0 Å². The highest BCUT2D eigenvalue weighted by Gasteiger charge is 2.67. The third kappa shape index (κ3) is 1.69. The van der Waals surface area contributed by atoms with Crippen LogP contribution in [0.25, 0.3) is 0 Å². The number of hydrogen-bond donors (Lipinski definition) is 4. The summed E-state index contributed by atoms with van der Waals surface area (Å²) in [7, 11) is 0. The van der Waals surface area contributed by atoms with Crippen molar-refractivity contribution in [2.75, 3.05) is 19.8 Å². The Morgan fingerprint density at radius 1 is 1.40 bits per heavy atom. The van der Waals surface area contributed by atoms with Crippen LogP contribution in [-0.4, -0.2) is 69.6 Å². The molecule has 3 heterocycles. The summed E-state index contributed by atoms with van der Waals surface area (Å²) in [5.41, 5.74) is -2.00. The first kappa shape index (κ1) is 13.8. The molecule has 0 amide bonds. The lowest BCUT2D eigenvalue weighted by atomic mass is 9.68. The molecule has 0 aromatic heterocycles. The van der Waals surface area contributed by atoms with E-state index in [4.69, 9.17) is 19.3 Å². The maximum absolute atomic E-state index is 12.1. The standard InChI is InChI=1S/C12H16O8/c13-2-6-1-11(16)9-8(18-3-7(14)10(9)15)4-20-12(11,17)5-19-6/h3,6,8-9,13-14,16-17H,1-2,4-5H2/t6-,8+,9-,11-,12-/m1/s1. The first-order valence-corrected chi connectivity index (χ1v) is 6.31. The molecule has 8 nitrogen and oxygen atoms in total. The number of rotatable bonds is 1. The van der Waals surface area contributed by atoms with Crippen molar-refractivity contribution in [1.29, 1.82) is 0 Å². The van der Waals surface area contributed by atoms with Gasteiger partial charge in [0.2, 0.25) is 11.6 Å². The van der Waals surface area contributed by atoms with E-state index in [0.717, 1.165) is 6.26 Å². The highest BCUT2D eigenvalue weighted by molar-refractivity contribution is 5.96. The Bertz CT molecular complexity index is 462. The molecule has 0 aromatic carbocycles. The summed E-state index contributed by atoms with van der Waals surface area (Å²) < 4.78 is 15.6. The molecule has 2 saturated heterocycles. The second-order valence-electron chi connectivity index (χ2n) is 5.36. The Morgan fingerprint density at radius 2 is 2.15 bits per heavy atom. The van der Waals surface area contributed by atoms with E-state index in [-0.39, 0.29) is 26.2 Å². The van der Waals surface area contributed by atoms with Crippen LogP contribution in [0.2, 0.25) is 0 Å². The number of aliphatic hydroxyl groups is 4. The summed E-state index contributed by atoms with van der Waals surface area (Å²) in [6.07, 6.45) is -0.836. The molecule has 0 aromatic rings. The summed E-state index contributed by atoms with van der Waals surface area (Å²) in [5.74, 6) is -4.58. The first-order valence-electron chi connectivity index (χ1n) is 6.31. The smallest absolute Gasteiger partial charge is 0.220 e. The largest absolute Gasteiger partial charge is 0.502 e. The quantitative estimate of drug-likeness (QED) is 0.445. The minimum Gasteiger partial charge on any atom is -0.502 e. The van der Waals surface area contributed by atoms with Crippen molar-refractivity contribution in [3.63, 3.8) is 0 Å². The summed E-state index contributed by atoms with van der Waals surface area (Å²) in [5, 5.41) is 39.9. The predicted octanol–water partition coefficient (Wildman–Crippen LogP) is -1.80. The Hall–Kier alpha value is -1.19. The molecule has 2 fully saturated rings. The monoisotopic (exact) mass is 288 g/mol. The number of carbonyl (C=O) groups is 1. The summed E-state index contributed by atoms with van der Waals surface area (Å²) in [6, 6.07) is 0. The number of ether oxygens (including phenoxy) is 3. The molecule has 0 radical (unpaired) electrons. The van der Waals surface area contributed by atoms with E-state index in [1.54, 1.807) is 0 Å². The van der Waals surface area contributed by atoms with Gasteiger partial charge in [-0.1, -0.05) is 0 Å². The molecular weight excluding hydrogens is 272 g/mol. The van der Waals surface area contributed by atoms with Gasteiger partial charge in [-0.3, -0.25) is 4.79 Å². The van der Waals surface area contributed by atoms with Crippen molar-refractivity contribution in [2.45, 2.75) is 30.0 Å². The molecule has 112 valence electrons. The Labute approximate surface area is 114 Å². The molecule has 0 bridgehead atoms. The summed E-state index contributed by atoms with van der Waals surface area (Å²) in [4.78, 5) is 12.1. The second-order valence-corrected chi connectivity index (χ2v) is 5.36. The van der Waals surface area contributed by atoms with Crippen molar-refractivity contribution < 1.29 is 39.4 Å². The van der Waals surface area contributed by atoms with Crippen molar-refractivity contribution in [2.24, 2.45) is 5.92 Å². The number of aliphatic hydroxyl groups excluding tert-OH is 2. The molecule has 0 unspecified atom stereocenters. The van der Waals surface area contributed by atoms with Crippen LogP contribution >= 0.6 is 0 Å². The van der Waals surface area contributed by atoms with Gasteiger partial charge in [-0.25, -0.2) is 0 Å². The van der Waals surface area contributed by atoms with Gasteiger partial charge in [0.15, 0.2) is 5.76 Å². The molecule has 3 aliphatic rings. The van der Waals surface area contributed by atoms with Crippen molar-refractivity contribution >= 4 is 5.78 Å². The normalized spacial score (nSPS) is 47.9. The highest BCUT2D eigenvalue weighted by Crippen LogP contribution is 2.47. The van der Waals surface area contributed by atoms with E-state index in [1.165, 1.54) is 0 Å². The minimum absolute atomic E-state index is 0.119. The zero-order chi connectivity index (χ0) is 14.5. The van der Waals surface area contributed by atoms with Crippen LogP contribution in [0, 0.1) is 5.92 Å². The molecule has 0 saturated carbocycles. The van der Waals surface area contributed by atoms with Gasteiger partial charge in [-0.05, 0) is 0 Å². The lowest BCUT2D eigenvalue weighted by Gasteiger charge is -2.56. The van der Waals surface area contributed by atoms with E-state index >= 15 is 0 Å². The van der Waals surface area contributed by atoms with Gasteiger partial charge in [-0.2, -0.15) is 0 Å². The average Bonchev–Trinajstić information content (AvgIpc) is 2.43. The van der Waals surface area contributed by atoms with Crippen LogP contribution < -0.4 is 0 Å². The first-order chi connectivity index (χ1) is 9.41. The molecule has 3 rings (SSSR count). The third-order valence-corrected chi connectivity index (χ3v) is 4.20. The van der Waals surface area contributed by atoms with Gasteiger partial charge in [0, 0.05) is 6.42 Å². The lowest BCUT2D eigenvalue weighted by Crippen LogP contribution is -2.74. The van der Waals surface area contributed by atoms with Crippen LogP contribution in [0.1, 0.15) is 6.42 Å². The van der Waals surface area contributed by atoms with Crippen LogP contribution in [0.3, 0.4) is 0 Å². The molecule has 8 heteroatoms. The number of hydrogen-bond acceptors (Lipinski definition) is 8. The number of ketones is 1. The SMILES string of the molecule is O=C1C(O)=CO[C@H]2CO[C@]3(O)CO[C@@H](CO)C[C@@]3(O)[C@@H]12.